The van der Waals surface area contributed by atoms with Gasteiger partial charge < -0.3 is 0 Å². The number of aromatic nitrogens is 6. The third-order valence-corrected chi connectivity index (χ3v) is 2.10. The van der Waals surface area contributed by atoms with Crippen molar-refractivity contribution in [2.24, 2.45) is 0 Å². The second-order valence-corrected chi connectivity index (χ2v) is 2.69. The topological polar surface area (TPSA) is 77.3 Å². The van der Waals surface area contributed by atoms with Crippen LogP contribution in [0.3, 0.4) is 0 Å². The van der Waals surface area contributed by atoms with E-state index < -0.39 is 0 Å². The van der Waals surface area contributed by atoms with Crippen molar-refractivity contribution in [2.75, 3.05) is 0 Å². The lowest BCUT2D eigenvalue weighted by Gasteiger charge is -2.08. The van der Waals surface area contributed by atoms with Gasteiger partial charge in [-0.15, -0.1) is 30.6 Å². The van der Waals surface area contributed by atoms with Gasteiger partial charge in [0, 0.05) is 0 Å². The molecule has 0 atom stereocenters. The molecule has 0 aliphatic carbocycles. The van der Waals surface area contributed by atoms with Gasteiger partial charge in [-0.05, 0) is 0 Å². The van der Waals surface area contributed by atoms with Crippen LogP contribution in [0.25, 0.3) is 33.1 Å². The molecule has 0 spiro atoms. The van der Waals surface area contributed by atoms with E-state index in [1.54, 1.807) is 0 Å². The molecule has 0 aliphatic heterocycles. The summed E-state index contributed by atoms with van der Waals surface area (Å²) in [5.74, 6) is 0. The summed E-state index contributed by atoms with van der Waals surface area (Å²) in [7, 11) is 0. The van der Waals surface area contributed by atoms with Crippen molar-refractivity contribution in [3.05, 3.63) is 0 Å². The molecule has 6 nitrogen and oxygen atoms in total. The van der Waals surface area contributed by atoms with Crippen molar-refractivity contribution >= 4 is 33.1 Å². The lowest BCUT2D eigenvalue weighted by molar-refractivity contribution is 0.998. The third kappa shape index (κ3) is 0.288. The maximum absolute atomic E-state index is 3.85. The molecule has 4 aromatic rings. The van der Waals surface area contributed by atoms with Gasteiger partial charge in [0.2, 0.25) is 0 Å². The molecule has 0 N–H and O–H groups in total. The van der Waals surface area contributed by atoms with Crippen LogP contribution in [0.5, 0.6) is 0 Å². The highest BCUT2D eigenvalue weighted by Gasteiger charge is 2.22. The molecule has 0 aliphatic rings. The number of benzene rings is 1. The van der Waals surface area contributed by atoms with Crippen molar-refractivity contribution in [3.8, 4) is 0 Å². The second kappa shape index (κ2) is 1.20. The van der Waals surface area contributed by atoms with Crippen LogP contribution in [-0.2, 0) is 0 Å². The van der Waals surface area contributed by atoms with E-state index in [4.69, 9.17) is 0 Å². The fraction of sp³-hybridized carbons (Fsp3) is 0. The van der Waals surface area contributed by atoms with Crippen LogP contribution in [0, 0.1) is 0 Å². The van der Waals surface area contributed by atoms with Crippen molar-refractivity contribution in [3.63, 3.8) is 0 Å². The molecule has 4 rings (SSSR count). The zero-order valence-corrected chi connectivity index (χ0v) is 5.68. The lowest BCUT2D eigenvalue weighted by Crippen LogP contribution is -2.06. The largest absolute Gasteiger partial charge is 0.145 e. The average molecular weight is 156 g/mol. The molecule has 0 unspecified atom stereocenters. The molecular formula is C6N6. The van der Waals surface area contributed by atoms with Crippen molar-refractivity contribution in [2.45, 2.75) is 0 Å². The third-order valence-electron chi connectivity index (χ3n) is 2.10. The molecule has 3 heterocycles. The van der Waals surface area contributed by atoms with E-state index in [0.29, 0.717) is 0 Å². The fourth-order valence-electron chi connectivity index (χ4n) is 1.41. The summed E-state index contributed by atoms with van der Waals surface area (Å²) in [6.07, 6.45) is 0. The van der Waals surface area contributed by atoms with E-state index >= 15 is 0 Å². The van der Waals surface area contributed by atoms with Crippen molar-refractivity contribution in [1.82, 2.24) is 30.6 Å². The van der Waals surface area contributed by atoms with E-state index in [1.807, 2.05) is 0 Å². The highest BCUT2D eigenvalue weighted by molar-refractivity contribution is 6.19. The summed E-state index contributed by atoms with van der Waals surface area (Å²) in [5.41, 5.74) is 4.90. The summed E-state index contributed by atoms with van der Waals surface area (Å²) in [4.78, 5) is 0. The minimum atomic E-state index is 0.817. The van der Waals surface area contributed by atoms with Gasteiger partial charge in [0.05, 0.1) is 0 Å². The summed E-state index contributed by atoms with van der Waals surface area (Å²) < 4.78 is 0. The Labute approximate surface area is 64.6 Å². The first-order chi connectivity index (χ1) is 5.95. The van der Waals surface area contributed by atoms with Gasteiger partial charge >= 0.3 is 0 Å². The number of nitrogens with zero attached hydrogens (tertiary/aromatic N) is 6. The van der Waals surface area contributed by atoms with Crippen LogP contribution >= 0.6 is 0 Å². The maximum Gasteiger partial charge on any atom is 0.145 e. The normalized spacial score (nSPS) is 13.0. The Hall–Kier alpha value is -1.98. The zero-order chi connectivity index (χ0) is 7.71. The number of hydrogen-bond acceptors (Lipinski definition) is 6. The fourth-order valence-corrected chi connectivity index (χ4v) is 1.41. The Morgan fingerprint density at radius 1 is 0.333 bits per heavy atom. The molecule has 0 saturated heterocycles. The summed E-state index contributed by atoms with van der Waals surface area (Å²) in [6, 6.07) is 0. The highest BCUT2D eigenvalue weighted by atomic mass is 15.2. The molecule has 0 fully saturated rings. The molecule has 0 amide bonds. The standard InChI is InChI=1S/C6N6/c7-1-2(8-7)4-6(12-11-4)5-3(1)9-10-5. The predicted octanol–water partition coefficient (Wildman–Crippen LogP) is -0.170. The number of fused-ring (bicyclic) bond motifs is 6. The predicted molar refractivity (Wildman–Crippen MR) is 39.3 cm³/mol. The average Bonchev–Trinajstić information content (AvgIpc) is 1.96. The first-order valence-electron chi connectivity index (χ1n) is 3.44. The Bertz CT molecular complexity index is 480. The number of rotatable bonds is 0. The highest BCUT2D eigenvalue weighted by Crippen LogP contribution is 2.30. The SMILES string of the molecule is n1nc2c1c1nnc1c1nnc21. The summed E-state index contributed by atoms with van der Waals surface area (Å²) in [6.45, 7) is 0. The zero-order valence-electron chi connectivity index (χ0n) is 5.68. The van der Waals surface area contributed by atoms with E-state index in [0.717, 1.165) is 33.1 Å². The van der Waals surface area contributed by atoms with Gasteiger partial charge in [0.1, 0.15) is 33.1 Å². The van der Waals surface area contributed by atoms with E-state index in [-0.39, 0.29) is 0 Å². The minimum absolute atomic E-state index is 0.817. The first-order valence-corrected chi connectivity index (χ1v) is 3.44. The van der Waals surface area contributed by atoms with Crippen LogP contribution in [0.15, 0.2) is 0 Å². The van der Waals surface area contributed by atoms with Gasteiger partial charge in [0.15, 0.2) is 0 Å². The Kier molecular flexibility index (Phi) is 0.480. The quantitative estimate of drug-likeness (QED) is 0.351. The molecule has 0 radical (unpaired) electrons. The van der Waals surface area contributed by atoms with Crippen LogP contribution in [0.4, 0.5) is 0 Å². The summed E-state index contributed by atoms with van der Waals surface area (Å²) in [5, 5.41) is 23.1. The molecule has 6 heteroatoms. The van der Waals surface area contributed by atoms with Gasteiger partial charge in [0.25, 0.3) is 0 Å². The molecule has 3 aromatic heterocycles. The van der Waals surface area contributed by atoms with Gasteiger partial charge in [-0.1, -0.05) is 0 Å². The minimum Gasteiger partial charge on any atom is -0.145 e. The van der Waals surface area contributed by atoms with Crippen LogP contribution in [0.2, 0.25) is 0 Å². The van der Waals surface area contributed by atoms with E-state index in [1.165, 1.54) is 0 Å². The summed E-state index contributed by atoms with van der Waals surface area (Å²) >= 11 is 0. The molecule has 0 bridgehead atoms. The van der Waals surface area contributed by atoms with E-state index in [9.17, 15) is 0 Å². The number of hydrogen-bond donors (Lipinski definition) is 0. The molecule has 12 heavy (non-hydrogen) atoms. The van der Waals surface area contributed by atoms with Crippen molar-refractivity contribution < 1.29 is 0 Å². The molecule has 54 valence electrons. The Balaban J connectivity index is 2.52. The maximum atomic E-state index is 3.85. The Morgan fingerprint density at radius 2 is 0.500 bits per heavy atom. The molecule has 0 saturated carbocycles. The van der Waals surface area contributed by atoms with Crippen LogP contribution in [-0.4, -0.2) is 30.6 Å². The van der Waals surface area contributed by atoms with E-state index in [2.05, 4.69) is 30.6 Å². The second-order valence-electron chi connectivity index (χ2n) is 2.69. The van der Waals surface area contributed by atoms with Crippen molar-refractivity contribution in [1.29, 1.82) is 0 Å². The van der Waals surface area contributed by atoms with Gasteiger partial charge in [-0.3, -0.25) is 0 Å². The Morgan fingerprint density at radius 3 is 0.583 bits per heavy atom. The van der Waals surface area contributed by atoms with Crippen LogP contribution < -0.4 is 0 Å². The molecular weight excluding hydrogens is 156 g/mol. The van der Waals surface area contributed by atoms with Gasteiger partial charge in [-0.2, -0.15) is 0 Å². The monoisotopic (exact) mass is 156 g/mol. The lowest BCUT2D eigenvalue weighted by atomic mass is 10.2. The first kappa shape index (κ1) is 4.81. The van der Waals surface area contributed by atoms with Gasteiger partial charge in [-0.25, -0.2) is 0 Å². The molecule has 1 aromatic carbocycles. The smallest absolute Gasteiger partial charge is 0.145 e. The van der Waals surface area contributed by atoms with Crippen LogP contribution in [0.1, 0.15) is 0 Å².